The summed E-state index contributed by atoms with van der Waals surface area (Å²) in [6.45, 7) is 2.67. The van der Waals surface area contributed by atoms with Gasteiger partial charge in [0.25, 0.3) is 5.91 Å². The standard InChI is InChI=1S/C12H18N2O5/c1-9-11(19-8-13-9)12(16)14(6-7-17-2)5-4-10(15)18-3/h8H,4-7H2,1-3H3. The zero-order chi connectivity index (χ0) is 14.3. The summed E-state index contributed by atoms with van der Waals surface area (Å²) in [5.74, 6) is -0.499. The van der Waals surface area contributed by atoms with Crippen LogP contribution in [0.4, 0.5) is 0 Å². The van der Waals surface area contributed by atoms with E-state index in [1.165, 1.54) is 18.4 Å². The zero-order valence-electron chi connectivity index (χ0n) is 11.3. The number of nitrogens with zero attached hydrogens (tertiary/aromatic N) is 2. The van der Waals surface area contributed by atoms with Gasteiger partial charge in [-0.25, -0.2) is 4.98 Å². The predicted octanol–water partition coefficient (Wildman–Crippen LogP) is 0.635. The third-order valence-electron chi connectivity index (χ3n) is 2.61. The SMILES string of the molecule is COCCN(CCC(=O)OC)C(=O)c1ocnc1C. The molecule has 0 aromatic carbocycles. The molecule has 0 aliphatic rings. The van der Waals surface area contributed by atoms with Crippen molar-refractivity contribution in [2.45, 2.75) is 13.3 Å². The Labute approximate surface area is 111 Å². The first-order chi connectivity index (χ1) is 9.10. The highest BCUT2D eigenvalue weighted by Gasteiger charge is 2.22. The zero-order valence-corrected chi connectivity index (χ0v) is 11.3. The quantitative estimate of drug-likeness (QED) is 0.676. The number of ether oxygens (including phenoxy) is 2. The fourth-order valence-electron chi connectivity index (χ4n) is 1.50. The first-order valence-electron chi connectivity index (χ1n) is 5.85. The maximum Gasteiger partial charge on any atom is 0.307 e. The van der Waals surface area contributed by atoms with E-state index >= 15 is 0 Å². The number of methoxy groups -OCH3 is 2. The molecule has 0 saturated heterocycles. The summed E-state index contributed by atoms with van der Waals surface area (Å²) in [4.78, 5) is 28.7. The average molecular weight is 270 g/mol. The minimum absolute atomic E-state index is 0.124. The Morgan fingerprint density at radius 3 is 2.63 bits per heavy atom. The van der Waals surface area contributed by atoms with Gasteiger partial charge in [-0.15, -0.1) is 0 Å². The third kappa shape index (κ3) is 4.36. The van der Waals surface area contributed by atoms with Crippen molar-refractivity contribution in [1.29, 1.82) is 0 Å². The van der Waals surface area contributed by atoms with Crippen LogP contribution in [0, 0.1) is 6.92 Å². The monoisotopic (exact) mass is 270 g/mol. The van der Waals surface area contributed by atoms with E-state index in [2.05, 4.69) is 9.72 Å². The van der Waals surface area contributed by atoms with Gasteiger partial charge in [0.05, 0.1) is 25.8 Å². The summed E-state index contributed by atoms with van der Waals surface area (Å²) >= 11 is 0. The summed E-state index contributed by atoms with van der Waals surface area (Å²) in [5, 5.41) is 0. The number of aryl methyl sites for hydroxylation is 1. The van der Waals surface area contributed by atoms with Gasteiger partial charge in [-0.05, 0) is 6.92 Å². The summed E-state index contributed by atoms with van der Waals surface area (Å²) in [6, 6.07) is 0. The number of hydrogen-bond donors (Lipinski definition) is 0. The number of amides is 1. The van der Waals surface area contributed by atoms with Crippen LogP contribution in [0.3, 0.4) is 0 Å². The van der Waals surface area contributed by atoms with Crippen molar-refractivity contribution in [3.05, 3.63) is 17.8 Å². The molecule has 1 aromatic heterocycles. The molecule has 0 aliphatic carbocycles. The van der Waals surface area contributed by atoms with Crippen LogP contribution in [0.15, 0.2) is 10.8 Å². The van der Waals surface area contributed by atoms with E-state index in [1.54, 1.807) is 14.0 Å². The van der Waals surface area contributed by atoms with Crippen molar-refractivity contribution in [3.8, 4) is 0 Å². The first kappa shape index (κ1) is 15.2. The van der Waals surface area contributed by atoms with Crippen molar-refractivity contribution in [3.63, 3.8) is 0 Å². The molecule has 7 heteroatoms. The van der Waals surface area contributed by atoms with Crippen molar-refractivity contribution in [2.75, 3.05) is 33.9 Å². The second-order valence-corrected chi connectivity index (χ2v) is 3.88. The van der Waals surface area contributed by atoms with Crippen LogP contribution >= 0.6 is 0 Å². The highest BCUT2D eigenvalue weighted by Crippen LogP contribution is 2.10. The van der Waals surface area contributed by atoms with E-state index < -0.39 is 0 Å². The first-order valence-corrected chi connectivity index (χ1v) is 5.85. The second-order valence-electron chi connectivity index (χ2n) is 3.88. The molecule has 1 aromatic rings. The van der Waals surface area contributed by atoms with Crippen molar-refractivity contribution in [1.82, 2.24) is 9.88 Å². The minimum atomic E-state index is -0.371. The molecule has 0 aliphatic heterocycles. The molecular weight excluding hydrogens is 252 g/mol. The summed E-state index contributed by atoms with van der Waals surface area (Å²) in [5.41, 5.74) is 0.519. The molecule has 1 heterocycles. The molecule has 0 atom stereocenters. The van der Waals surface area contributed by atoms with E-state index in [1.807, 2.05) is 0 Å². The summed E-state index contributed by atoms with van der Waals surface area (Å²) in [7, 11) is 2.85. The van der Waals surface area contributed by atoms with Gasteiger partial charge in [0.2, 0.25) is 5.76 Å². The topological polar surface area (TPSA) is 81.9 Å². The van der Waals surface area contributed by atoms with E-state index in [0.29, 0.717) is 18.8 Å². The molecule has 0 fully saturated rings. The van der Waals surface area contributed by atoms with Crippen molar-refractivity contribution < 1.29 is 23.5 Å². The Kier molecular flexibility index (Phi) is 6.01. The van der Waals surface area contributed by atoms with Gasteiger partial charge in [-0.1, -0.05) is 0 Å². The van der Waals surface area contributed by atoms with E-state index in [-0.39, 0.29) is 30.6 Å². The molecule has 0 spiro atoms. The lowest BCUT2D eigenvalue weighted by molar-refractivity contribution is -0.140. The van der Waals surface area contributed by atoms with Gasteiger partial charge >= 0.3 is 5.97 Å². The van der Waals surface area contributed by atoms with E-state index in [9.17, 15) is 9.59 Å². The Hall–Kier alpha value is -1.89. The molecular formula is C12H18N2O5. The lowest BCUT2D eigenvalue weighted by Gasteiger charge is -2.20. The number of carbonyl (C=O) groups is 2. The molecule has 0 N–H and O–H groups in total. The Morgan fingerprint density at radius 1 is 1.37 bits per heavy atom. The van der Waals surface area contributed by atoms with Crippen LogP contribution in [-0.4, -0.2) is 55.7 Å². The van der Waals surface area contributed by atoms with Gasteiger partial charge in [0, 0.05) is 20.2 Å². The summed E-state index contributed by atoms with van der Waals surface area (Å²) < 4.78 is 14.6. The van der Waals surface area contributed by atoms with Crippen LogP contribution in [0.5, 0.6) is 0 Å². The Balaban J connectivity index is 2.70. The molecule has 1 rings (SSSR count). The molecule has 0 saturated carbocycles. The number of esters is 1. The predicted molar refractivity (Wildman–Crippen MR) is 65.7 cm³/mol. The highest BCUT2D eigenvalue weighted by molar-refractivity contribution is 5.92. The van der Waals surface area contributed by atoms with Gasteiger partial charge < -0.3 is 18.8 Å². The normalized spacial score (nSPS) is 10.3. The Morgan fingerprint density at radius 2 is 2.11 bits per heavy atom. The van der Waals surface area contributed by atoms with Gasteiger partial charge in [-0.2, -0.15) is 0 Å². The molecule has 0 bridgehead atoms. The molecule has 19 heavy (non-hydrogen) atoms. The Bertz CT molecular complexity index is 430. The number of hydrogen-bond acceptors (Lipinski definition) is 6. The number of carbonyl (C=O) groups excluding carboxylic acids is 2. The fraction of sp³-hybridized carbons (Fsp3) is 0.583. The van der Waals surface area contributed by atoms with Gasteiger partial charge in [0.15, 0.2) is 6.39 Å². The van der Waals surface area contributed by atoms with Crippen molar-refractivity contribution >= 4 is 11.9 Å². The third-order valence-corrected chi connectivity index (χ3v) is 2.61. The van der Waals surface area contributed by atoms with E-state index in [4.69, 9.17) is 9.15 Å². The smallest absolute Gasteiger partial charge is 0.307 e. The van der Waals surface area contributed by atoms with Crippen LogP contribution in [0.25, 0.3) is 0 Å². The molecule has 0 unspecified atom stereocenters. The van der Waals surface area contributed by atoms with Crippen molar-refractivity contribution in [2.24, 2.45) is 0 Å². The molecule has 0 radical (unpaired) electrons. The van der Waals surface area contributed by atoms with Gasteiger partial charge in [-0.3, -0.25) is 9.59 Å². The van der Waals surface area contributed by atoms with Crippen LogP contribution in [-0.2, 0) is 14.3 Å². The maximum absolute atomic E-state index is 12.2. The molecule has 7 nitrogen and oxygen atoms in total. The molecule has 1 amide bonds. The average Bonchev–Trinajstić information content (AvgIpc) is 2.84. The van der Waals surface area contributed by atoms with Crippen LogP contribution in [0.2, 0.25) is 0 Å². The van der Waals surface area contributed by atoms with Gasteiger partial charge in [0.1, 0.15) is 0 Å². The number of aromatic nitrogens is 1. The van der Waals surface area contributed by atoms with E-state index in [0.717, 1.165) is 0 Å². The largest absolute Gasteiger partial charge is 0.469 e. The van der Waals surface area contributed by atoms with Crippen LogP contribution < -0.4 is 0 Å². The number of rotatable bonds is 7. The number of oxazole rings is 1. The second kappa shape index (κ2) is 7.52. The highest BCUT2D eigenvalue weighted by atomic mass is 16.5. The lowest BCUT2D eigenvalue weighted by atomic mass is 10.3. The molecule has 106 valence electrons. The summed E-state index contributed by atoms with van der Waals surface area (Å²) in [6.07, 6.45) is 1.34. The lowest BCUT2D eigenvalue weighted by Crippen LogP contribution is -2.36. The van der Waals surface area contributed by atoms with Crippen LogP contribution in [0.1, 0.15) is 22.7 Å². The maximum atomic E-state index is 12.2. The minimum Gasteiger partial charge on any atom is -0.469 e. The fourth-order valence-corrected chi connectivity index (χ4v) is 1.50.